The maximum absolute atomic E-state index is 10.2. The molecule has 0 radical (unpaired) electrons. The molecular weight excluding hydrogens is 198 g/mol. The van der Waals surface area contributed by atoms with Crippen molar-refractivity contribution in [1.82, 2.24) is 0 Å². The predicted molar refractivity (Wildman–Crippen MR) is 45.4 cm³/mol. The molecule has 0 aromatic heterocycles. The summed E-state index contributed by atoms with van der Waals surface area (Å²) >= 11 is 0. The van der Waals surface area contributed by atoms with E-state index in [0.29, 0.717) is 0 Å². The van der Waals surface area contributed by atoms with Crippen molar-refractivity contribution in [2.24, 2.45) is 11.7 Å². The highest BCUT2D eigenvalue weighted by molar-refractivity contribution is 8.93. The van der Waals surface area contributed by atoms with Gasteiger partial charge in [0.25, 0.3) is 0 Å². The monoisotopic (exact) mass is 211 g/mol. The molecular formula is C6H14BrNO2. The second kappa shape index (κ2) is 5.68. The Balaban J connectivity index is 0. The zero-order chi connectivity index (χ0) is 7.44. The van der Waals surface area contributed by atoms with Crippen LogP contribution in [0.5, 0.6) is 0 Å². The van der Waals surface area contributed by atoms with E-state index in [0.717, 1.165) is 6.42 Å². The minimum absolute atomic E-state index is 0. The minimum Gasteiger partial charge on any atom is -0.480 e. The van der Waals surface area contributed by atoms with E-state index >= 15 is 0 Å². The van der Waals surface area contributed by atoms with Gasteiger partial charge in [-0.05, 0) is 5.92 Å². The lowest BCUT2D eigenvalue weighted by Gasteiger charge is -2.11. The molecule has 3 N–H and O–H groups in total. The molecule has 3 nitrogen and oxygen atoms in total. The summed E-state index contributed by atoms with van der Waals surface area (Å²) < 4.78 is 0. The number of aliphatic carboxylic acids is 1. The Bertz CT molecular complexity index is 108. The molecule has 0 bridgehead atoms. The van der Waals surface area contributed by atoms with Gasteiger partial charge in [-0.15, -0.1) is 17.0 Å². The Morgan fingerprint density at radius 3 is 2.20 bits per heavy atom. The molecule has 0 aliphatic heterocycles. The van der Waals surface area contributed by atoms with Crippen LogP contribution in [-0.2, 0) is 4.79 Å². The Hall–Kier alpha value is -0.0900. The fraction of sp³-hybridized carbons (Fsp3) is 0.833. The van der Waals surface area contributed by atoms with Crippen molar-refractivity contribution >= 4 is 23.0 Å². The summed E-state index contributed by atoms with van der Waals surface area (Å²) in [6.45, 7) is 3.76. The van der Waals surface area contributed by atoms with E-state index < -0.39 is 12.0 Å². The average Bonchev–Trinajstić information content (AvgIpc) is 1.84. The Morgan fingerprint density at radius 2 is 2.10 bits per heavy atom. The standard InChI is InChI=1S/C6H13NO2.BrH/c1-3-4(2)5(7)6(8)9;/h4-5H,3,7H2,1-2H3,(H,8,9);1H/t4-,5-;/m0./s1. The lowest BCUT2D eigenvalue weighted by atomic mass is 10.0. The fourth-order valence-corrected chi connectivity index (χ4v) is 0.497. The van der Waals surface area contributed by atoms with Crippen molar-refractivity contribution in [3.8, 4) is 0 Å². The van der Waals surface area contributed by atoms with Crippen LogP contribution >= 0.6 is 17.0 Å². The number of carboxylic acids is 1. The number of nitrogens with two attached hydrogens (primary N) is 1. The van der Waals surface area contributed by atoms with Crippen molar-refractivity contribution in [2.75, 3.05) is 0 Å². The maximum atomic E-state index is 10.2. The predicted octanol–water partition coefficient (Wildman–Crippen LogP) is 1.02. The first-order valence-corrected chi connectivity index (χ1v) is 3.08. The van der Waals surface area contributed by atoms with Crippen LogP contribution in [0.3, 0.4) is 0 Å². The second-order valence-electron chi connectivity index (χ2n) is 2.25. The van der Waals surface area contributed by atoms with Crippen LogP contribution in [0.4, 0.5) is 0 Å². The van der Waals surface area contributed by atoms with E-state index in [1.54, 1.807) is 0 Å². The maximum Gasteiger partial charge on any atom is 0.320 e. The molecule has 0 saturated heterocycles. The van der Waals surface area contributed by atoms with Gasteiger partial charge in [0.15, 0.2) is 0 Å². The van der Waals surface area contributed by atoms with Crippen molar-refractivity contribution in [3.63, 3.8) is 0 Å². The fourth-order valence-electron chi connectivity index (χ4n) is 0.497. The third-order valence-electron chi connectivity index (χ3n) is 1.54. The molecule has 10 heavy (non-hydrogen) atoms. The largest absolute Gasteiger partial charge is 0.480 e. The van der Waals surface area contributed by atoms with Crippen molar-refractivity contribution in [2.45, 2.75) is 26.3 Å². The SMILES string of the molecule is Br.CC[C@H](C)[C@H](N)C(=O)O. The molecule has 0 fully saturated rings. The second-order valence-corrected chi connectivity index (χ2v) is 2.25. The smallest absolute Gasteiger partial charge is 0.320 e. The number of carbonyl (C=O) groups is 1. The highest BCUT2D eigenvalue weighted by Crippen LogP contribution is 2.04. The number of halogens is 1. The summed E-state index contributed by atoms with van der Waals surface area (Å²) in [7, 11) is 0. The van der Waals surface area contributed by atoms with Gasteiger partial charge in [0, 0.05) is 0 Å². The quantitative estimate of drug-likeness (QED) is 0.734. The summed E-state index contributed by atoms with van der Waals surface area (Å²) in [5.41, 5.74) is 5.27. The molecule has 0 spiro atoms. The van der Waals surface area contributed by atoms with Gasteiger partial charge < -0.3 is 10.8 Å². The molecule has 0 amide bonds. The Morgan fingerprint density at radius 1 is 1.70 bits per heavy atom. The molecule has 0 aromatic carbocycles. The molecule has 0 heterocycles. The third kappa shape index (κ3) is 3.85. The molecule has 0 saturated carbocycles. The van der Waals surface area contributed by atoms with Crippen LogP contribution in [-0.4, -0.2) is 17.1 Å². The van der Waals surface area contributed by atoms with Crippen LogP contribution in [0.1, 0.15) is 20.3 Å². The summed E-state index contributed by atoms with van der Waals surface area (Å²) in [6, 6.07) is -0.699. The molecule has 4 heteroatoms. The summed E-state index contributed by atoms with van der Waals surface area (Å²) in [6.07, 6.45) is 0.813. The highest BCUT2D eigenvalue weighted by Gasteiger charge is 2.17. The lowest BCUT2D eigenvalue weighted by molar-refractivity contribution is -0.139. The van der Waals surface area contributed by atoms with Gasteiger partial charge in [-0.2, -0.15) is 0 Å². The normalized spacial score (nSPS) is 15.1. The lowest BCUT2D eigenvalue weighted by Crippen LogP contribution is -2.36. The first-order valence-electron chi connectivity index (χ1n) is 3.08. The average molecular weight is 212 g/mol. The summed E-state index contributed by atoms with van der Waals surface area (Å²) in [5.74, 6) is -0.841. The van der Waals surface area contributed by atoms with Crippen molar-refractivity contribution in [3.05, 3.63) is 0 Å². The van der Waals surface area contributed by atoms with E-state index in [4.69, 9.17) is 10.8 Å². The molecule has 0 aliphatic carbocycles. The topological polar surface area (TPSA) is 63.3 Å². The van der Waals surface area contributed by atoms with Crippen molar-refractivity contribution < 1.29 is 9.90 Å². The first kappa shape index (κ1) is 12.6. The van der Waals surface area contributed by atoms with E-state index in [2.05, 4.69) is 0 Å². The van der Waals surface area contributed by atoms with Gasteiger partial charge in [-0.1, -0.05) is 20.3 Å². The van der Waals surface area contributed by atoms with Gasteiger partial charge in [0.05, 0.1) is 0 Å². The molecule has 0 aromatic rings. The molecule has 0 rings (SSSR count). The molecule has 0 unspecified atom stereocenters. The Kier molecular flexibility index (Phi) is 7.14. The number of carboxylic acid groups (broad SMARTS) is 1. The zero-order valence-electron chi connectivity index (χ0n) is 6.20. The van der Waals surface area contributed by atoms with E-state index in [1.807, 2.05) is 13.8 Å². The number of hydrogen-bond acceptors (Lipinski definition) is 2. The van der Waals surface area contributed by atoms with Gasteiger partial charge in [-0.25, -0.2) is 0 Å². The van der Waals surface area contributed by atoms with Crippen LogP contribution in [0, 0.1) is 5.92 Å². The van der Waals surface area contributed by atoms with Crippen LogP contribution in [0.2, 0.25) is 0 Å². The van der Waals surface area contributed by atoms with Crippen LogP contribution < -0.4 is 5.73 Å². The van der Waals surface area contributed by atoms with E-state index in [9.17, 15) is 4.79 Å². The van der Waals surface area contributed by atoms with Gasteiger partial charge >= 0.3 is 5.97 Å². The van der Waals surface area contributed by atoms with Gasteiger partial charge in [-0.3, -0.25) is 4.79 Å². The van der Waals surface area contributed by atoms with Crippen LogP contribution in [0.25, 0.3) is 0 Å². The zero-order valence-corrected chi connectivity index (χ0v) is 7.92. The number of rotatable bonds is 3. The summed E-state index contributed by atoms with van der Waals surface area (Å²) in [5, 5.41) is 8.36. The first-order chi connectivity index (χ1) is 4.09. The molecule has 2 atom stereocenters. The summed E-state index contributed by atoms with van der Waals surface area (Å²) in [4.78, 5) is 10.2. The molecule has 62 valence electrons. The Labute approximate surface area is 71.4 Å². The van der Waals surface area contributed by atoms with Gasteiger partial charge in [0.2, 0.25) is 0 Å². The van der Waals surface area contributed by atoms with Crippen LogP contribution in [0.15, 0.2) is 0 Å². The molecule has 0 aliphatic rings. The third-order valence-corrected chi connectivity index (χ3v) is 1.54. The van der Waals surface area contributed by atoms with E-state index in [-0.39, 0.29) is 22.9 Å². The van der Waals surface area contributed by atoms with E-state index in [1.165, 1.54) is 0 Å². The minimum atomic E-state index is -0.913. The van der Waals surface area contributed by atoms with Crippen molar-refractivity contribution in [1.29, 1.82) is 0 Å². The number of hydrogen-bond donors (Lipinski definition) is 2. The van der Waals surface area contributed by atoms with Gasteiger partial charge in [0.1, 0.15) is 6.04 Å². The highest BCUT2D eigenvalue weighted by atomic mass is 79.9.